The molecule has 104 valence electrons. The molecule has 0 aliphatic heterocycles. The number of thiazole rings is 1. The van der Waals surface area contributed by atoms with Gasteiger partial charge in [0.1, 0.15) is 11.6 Å². The van der Waals surface area contributed by atoms with Crippen LogP contribution in [0.2, 0.25) is 0 Å². The Morgan fingerprint density at radius 2 is 2.19 bits per heavy atom. The van der Waals surface area contributed by atoms with Crippen LogP contribution < -0.4 is 0 Å². The highest BCUT2D eigenvalue weighted by Gasteiger charge is 2.11. The van der Waals surface area contributed by atoms with Crippen molar-refractivity contribution in [1.82, 2.24) is 24.5 Å². The highest BCUT2D eigenvalue weighted by molar-refractivity contribution is 7.13. The van der Waals surface area contributed by atoms with Crippen molar-refractivity contribution in [2.24, 2.45) is 0 Å². The van der Waals surface area contributed by atoms with Crippen molar-refractivity contribution in [2.75, 3.05) is 0 Å². The van der Waals surface area contributed by atoms with E-state index in [1.54, 1.807) is 18.5 Å². The van der Waals surface area contributed by atoms with Gasteiger partial charge in [-0.3, -0.25) is 0 Å². The summed E-state index contributed by atoms with van der Waals surface area (Å²) in [7, 11) is 0. The predicted octanol–water partition coefficient (Wildman–Crippen LogP) is 3.07. The minimum absolute atomic E-state index is 0.274. The molecule has 0 aliphatic carbocycles. The van der Waals surface area contributed by atoms with E-state index >= 15 is 0 Å². The molecule has 0 bridgehead atoms. The first-order chi connectivity index (χ1) is 10.3. The number of rotatable bonds is 3. The van der Waals surface area contributed by atoms with Crippen molar-refractivity contribution in [3.63, 3.8) is 0 Å². The molecule has 0 radical (unpaired) electrons. The predicted molar refractivity (Wildman–Crippen MR) is 78.5 cm³/mol. The smallest absolute Gasteiger partial charge is 0.169 e. The van der Waals surface area contributed by atoms with E-state index in [4.69, 9.17) is 0 Å². The lowest BCUT2D eigenvalue weighted by atomic mass is 10.3. The van der Waals surface area contributed by atoms with E-state index < -0.39 is 0 Å². The third kappa shape index (κ3) is 2.21. The Labute approximate surface area is 123 Å². The van der Waals surface area contributed by atoms with Crippen LogP contribution >= 0.6 is 11.3 Å². The van der Waals surface area contributed by atoms with Gasteiger partial charge in [0.05, 0.1) is 17.6 Å². The Balaban J connectivity index is 1.70. The summed E-state index contributed by atoms with van der Waals surface area (Å²) < 4.78 is 15.2. The van der Waals surface area contributed by atoms with Crippen LogP contribution in [0.25, 0.3) is 21.9 Å². The van der Waals surface area contributed by atoms with Gasteiger partial charge in [-0.25, -0.2) is 19.3 Å². The number of imidazole rings is 2. The molecule has 0 spiro atoms. The molecule has 0 fully saturated rings. The second-order valence-electron chi connectivity index (χ2n) is 4.56. The first kappa shape index (κ1) is 12.2. The van der Waals surface area contributed by atoms with Crippen molar-refractivity contribution in [3.05, 3.63) is 53.8 Å². The molecule has 0 saturated carbocycles. The first-order valence-electron chi connectivity index (χ1n) is 6.35. The van der Waals surface area contributed by atoms with Crippen LogP contribution in [-0.2, 0) is 6.54 Å². The van der Waals surface area contributed by atoms with Crippen LogP contribution in [0.1, 0.15) is 5.82 Å². The fraction of sp³-hybridized carbons (Fsp3) is 0.0714. The van der Waals surface area contributed by atoms with E-state index in [1.165, 1.54) is 23.5 Å². The monoisotopic (exact) mass is 299 g/mol. The third-order valence-corrected chi connectivity index (χ3v) is 3.92. The van der Waals surface area contributed by atoms with E-state index in [9.17, 15) is 4.39 Å². The largest absolute Gasteiger partial charge is 0.340 e. The van der Waals surface area contributed by atoms with Gasteiger partial charge in [-0.05, 0) is 18.2 Å². The van der Waals surface area contributed by atoms with Crippen LogP contribution in [-0.4, -0.2) is 24.5 Å². The standard InChI is InChI=1S/C14H10FN5S/c15-9-1-2-10-11(7-9)19-12(18-10)8-20-5-3-16-13(20)14-17-4-6-21-14/h1-7H,8H2,(H,18,19). The summed E-state index contributed by atoms with van der Waals surface area (Å²) in [6.07, 6.45) is 5.37. The summed E-state index contributed by atoms with van der Waals surface area (Å²) in [5.41, 5.74) is 1.45. The lowest BCUT2D eigenvalue weighted by Gasteiger charge is -2.03. The molecule has 5 nitrogen and oxygen atoms in total. The Kier molecular flexibility index (Phi) is 2.78. The highest BCUT2D eigenvalue weighted by atomic mass is 32.1. The van der Waals surface area contributed by atoms with E-state index in [2.05, 4.69) is 19.9 Å². The topological polar surface area (TPSA) is 59.4 Å². The van der Waals surface area contributed by atoms with Gasteiger partial charge < -0.3 is 9.55 Å². The second kappa shape index (κ2) is 4.78. The zero-order valence-electron chi connectivity index (χ0n) is 10.8. The normalized spacial score (nSPS) is 11.3. The van der Waals surface area contributed by atoms with Gasteiger partial charge in [0.15, 0.2) is 10.8 Å². The lowest BCUT2D eigenvalue weighted by molar-refractivity contribution is 0.629. The number of nitrogens with one attached hydrogen (secondary N) is 1. The second-order valence-corrected chi connectivity index (χ2v) is 5.46. The molecule has 7 heteroatoms. The fourth-order valence-electron chi connectivity index (χ4n) is 2.24. The zero-order chi connectivity index (χ0) is 14.2. The number of hydrogen-bond donors (Lipinski definition) is 1. The molecule has 4 aromatic rings. The van der Waals surface area contributed by atoms with Gasteiger partial charge in [-0.1, -0.05) is 0 Å². The van der Waals surface area contributed by atoms with Gasteiger partial charge in [0.25, 0.3) is 0 Å². The summed E-state index contributed by atoms with van der Waals surface area (Å²) in [6.45, 7) is 0.533. The highest BCUT2D eigenvalue weighted by Crippen LogP contribution is 2.21. The number of fused-ring (bicyclic) bond motifs is 1. The van der Waals surface area contributed by atoms with Crippen LogP contribution in [0.15, 0.2) is 42.2 Å². The molecule has 3 heterocycles. The maximum absolute atomic E-state index is 13.2. The van der Waals surface area contributed by atoms with Crippen molar-refractivity contribution in [1.29, 1.82) is 0 Å². The Morgan fingerprint density at radius 3 is 3.05 bits per heavy atom. The number of hydrogen-bond acceptors (Lipinski definition) is 4. The summed E-state index contributed by atoms with van der Waals surface area (Å²) in [4.78, 5) is 16.2. The number of benzene rings is 1. The summed E-state index contributed by atoms with van der Waals surface area (Å²) >= 11 is 1.54. The molecule has 0 amide bonds. The molecule has 0 saturated heterocycles. The van der Waals surface area contributed by atoms with E-state index in [-0.39, 0.29) is 5.82 Å². The minimum Gasteiger partial charge on any atom is -0.340 e. The van der Waals surface area contributed by atoms with Crippen LogP contribution in [0, 0.1) is 5.82 Å². The van der Waals surface area contributed by atoms with Crippen molar-refractivity contribution in [3.8, 4) is 10.8 Å². The Morgan fingerprint density at radius 1 is 1.24 bits per heavy atom. The molecular formula is C14H10FN5S. The Hall–Kier alpha value is -2.54. The zero-order valence-corrected chi connectivity index (χ0v) is 11.6. The molecular weight excluding hydrogens is 289 g/mol. The lowest BCUT2D eigenvalue weighted by Crippen LogP contribution is -2.02. The average Bonchev–Trinajstić information content (AvgIpc) is 3.16. The van der Waals surface area contributed by atoms with Crippen LogP contribution in [0.4, 0.5) is 4.39 Å². The molecule has 1 aromatic carbocycles. The number of aromatic nitrogens is 5. The molecule has 21 heavy (non-hydrogen) atoms. The summed E-state index contributed by atoms with van der Waals surface area (Å²) in [5.74, 6) is 1.28. The van der Waals surface area contributed by atoms with Gasteiger partial charge in [-0.15, -0.1) is 11.3 Å². The quantitative estimate of drug-likeness (QED) is 0.632. The van der Waals surface area contributed by atoms with Gasteiger partial charge in [-0.2, -0.15) is 0 Å². The number of aromatic amines is 1. The summed E-state index contributed by atoms with van der Waals surface area (Å²) in [5, 5.41) is 2.78. The molecule has 0 aliphatic rings. The molecule has 4 rings (SSSR count). The molecule has 3 aromatic heterocycles. The third-order valence-electron chi connectivity index (χ3n) is 3.15. The van der Waals surface area contributed by atoms with Crippen LogP contribution in [0.5, 0.6) is 0 Å². The maximum Gasteiger partial charge on any atom is 0.169 e. The number of halogens is 1. The Bertz CT molecular complexity index is 893. The summed E-state index contributed by atoms with van der Waals surface area (Å²) in [6, 6.07) is 4.52. The van der Waals surface area contributed by atoms with Gasteiger partial charge in [0, 0.05) is 24.0 Å². The van der Waals surface area contributed by atoms with E-state index in [0.29, 0.717) is 12.1 Å². The minimum atomic E-state index is -0.274. The molecule has 1 N–H and O–H groups in total. The van der Waals surface area contributed by atoms with Crippen molar-refractivity contribution >= 4 is 22.4 Å². The molecule has 0 unspecified atom stereocenters. The first-order valence-corrected chi connectivity index (χ1v) is 7.23. The molecule has 0 atom stereocenters. The van der Waals surface area contributed by atoms with E-state index in [1.807, 2.05) is 16.1 Å². The maximum atomic E-state index is 13.2. The number of H-pyrrole nitrogens is 1. The van der Waals surface area contributed by atoms with Crippen LogP contribution in [0.3, 0.4) is 0 Å². The SMILES string of the molecule is Fc1ccc2nc(Cn3ccnc3-c3nccs3)[nH]c2c1. The average molecular weight is 299 g/mol. The fourth-order valence-corrected chi connectivity index (χ4v) is 2.89. The van der Waals surface area contributed by atoms with Gasteiger partial charge >= 0.3 is 0 Å². The van der Waals surface area contributed by atoms with Crippen molar-refractivity contribution < 1.29 is 4.39 Å². The van der Waals surface area contributed by atoms with Gasteiger partial charge in [0.2, 0.25) is 0 Å². The van der Waals surface area contributed by atoms with E-state index in [0.717, 1.165) is 22.2 Å². The number of nitrogens with zero attached hydrogens (tertiary/aromatic N) is 4. The van der Waals surface area contributed by atoms with Crippen molar-refractivity contribution in [2.45, 2.75) is 6.54 Å².